The lowest BCUT2D eigenvalue weighted by Gasteiger charge is -2.37. The quantitative estimate of drug-likeness (QED) is 0.832. The molecule has 1 aromatic carbocycles. The Balaban J connectivity index is 1.80. The summed E-state index contributed by atoms with van der Waals surface area (Å²) in [6, 6.07) is 10.6. The van der Waals surface area contributed by atoms with Crippen molar-refractivity contribution in [2.24, 2.45) is 0 Å². The molecule has 1 saturated heterocycles. The van der Waals surface area contributed by atoms with Gasteiger partial charge in [-0.15, -0.1) is 0 Å². The van der Waals surface area contributed by atoms with Crippen LogP contribution in [0.25, 0.3) is 10.8 Å². The molecule has 5 heteroatoms. The van der Waals surface area contributed by atoms with Crippen LogP contribution in [0.2, 0.25) is 0 Å². The molecule has 0 spiro atoms. The number of nitrogens with one attached hydrogen (secondary N) is 1. The first kappa shape index (κ1) is 15.2. The Bertz CT molecular complexity index is 602. The average molecular weight is 303 g/mol. The van der Waals surface area contributed by atoms with Crippen molar-refractivity contribution in [2.45, 2.75) is 12.5 Å². The van der Waals surface area contributed by atoms with Gasteiger partial charge in [-0.3, -0.25) is 4.39 Å². The fourth-order valence-corrected chi connectivity index (χ4v) is 2.90. The maximum atomic E-state index is 12.2. The molecule has 0 bridgehead atoms. The summed E-state index contributed by atoms with van der Waals surface area (Å²) in [6.07, 6.45) is 2.33. The second-order valence-electron chi connectivity index (χ2n) is 5.52. The van der Waals surface area contributed by atoms with Gasteiger partial charge in [0.15, 0.2) is 0 Å². The number of benzene rings is 1. The number of alkyl halides is 1. The molecule has 1 aliphatic heterocycles. The fraction of sp³-hybridized carbons (Fsp3) is 0.471. The summed E-state index contributed by atoms with van der Waals surface area (Å²) in [5.41, 5.74) is 0. The third kappa shape index (κ3) is 3.36. The van der Waals surface area contributed by atoms with E-state index in [0.29, 0.717) is 19.6 Å². The molecule has 0 saturated carbocycles. The van der Waals surface area contributed by atoms with Gasteiger partial charge in [0, 0.05) is 37.8 Å². The molecule has 1 fully saturated rings. The third-order valence-electron chi connectivity index (χ3n) is 4.01. The predicted molar refractivity (Wildman–Crippen MR) is 87.2 cm³/mol. The standard InChI is InChI=1S/C17H22FN3O/c18-7-3-11-22-13-15-12-19-9-10-21(15)17-16-5-2-1-4-14(16)6-8-20-17/h1-2,4-6,8,15,19H,3,7,9-13H2/t15-/m0/s1. The van der Waals surface area contributed by atoms with Gasteiger partial charge in [-0.1, -0.05) is 24.3 Å². The number of hydrogen-bond donors (Lipinski definition) is 1. The zero-order chi connectivity index (χ0) is 15.2. The molecule has 2 heterocycles. The lowest BCUT2D eigenvalue weighted by atomic mass is 10.1. The van der Waals surface area contributed by atoms with Crippen LogP contribution in [0.3, 0.4) is 0 Å². The van der Waals surface area contributed by atoms with Gasteiger partial charge in [0.2, 0.25) is 0 Å². The minimum atomic E-state index is -0.322. The molecule has 118 valence electrons. The molecule has 0 amide bonds. The Hall–Kier alpha value is -1.72. The second-order valence-corrected chi connectivity index (χ2v) is 5.52. The number of halogens is 1. The minimum absolute atomic E-state index is 0.228. The molecule has 3 rings (SSSR count). The van der Waals surface area contributed by atoms with Gasteiger partial charge in [-0.2, -0.15) is 0 Å². The molecule has 1 aromatic heterocycles. The number of piperazine rings is 1. The maximum Gasteiger partial charge on any atom is 0.136 e. The molecule has 22 heavy (non-hydrogen) atoms. The van der Waals surface area contributed by atoms with E-state index in [1.54, 1.807) is 0 Å². The van der Waals surface area contributed by atoms with E-state index in [4.69, 9.17) is 4.74 Å². The molecule has 0 radical (unpaired) electrons. The van der Waals surface area contributed by atoms with Crippen molar-refractivity contribution in [1.29, 1.82) is 0 Å². The molecule has 0 unspecified atom stereocenters. The summed E-state index contributed by atoms with van der Waals surface area (Å²) in [6.45, 7) is 3.45. The van der Waals surface area contributed by atoms with Crippen molar-refractivity contribution in [3.8, 4) is 0 Å². The van der Waals surface area contributed by atoms with Crippen molar-refractivity contribution in [1.82, 2.24) is 10.3 Å². The Morgan fingerprint density at radius 3 is 3.14 bits per heavy atom. The number of anilines is 1. The van der Waals surface area contributed by atoms with E-state index in [-0.39, 0.29) is 12.7 Å². The monoisotopic (exact) mass is 303 g/mol. The van der Waals surface area contributed by atoms with E-state index in [2.05, 4.69) is 27.3 Å². The maximum absolute atomic E-state index is 12.2. The van der Waals surface area contributed by atoms with Gasteiger partial charge in [0.1, 0.15) is 5.82 Å². The first-order chi connectivity index (χ1) is 10.9. The van der Waals surface area contributed by atoms with E-state index in [1.807, 2.05) is 24.4 Å². The van der Waals surface area contributed by atoms with Crippen LogP contribution in [0.1, 0.15) is 6.42 Å². The van der Waals surface area contributed by atoms with Crippen molar-refractivity contribution in [3.63, 3.8) is 0 Å². The van der Waals surface area contributed by atoms with Crippen molar-refractivity contribution >= 4 is 16.6 Å². The molecule has 1 aliphatic rings. The molecule has 2 aromatic rings. The molecular formula is C17H22FN3O. The van der Waals surface area contributed by atoms with E-state index < -0.39 is 0 Å². The number of ether oxygens (including phenoxy) is 1. The van der Waals surface area contributed by atoms with Gasteiger partial charge < -0.3 is 15.0 Å². The summed E-state index contributed by atoms with van der Waals surface area (Å²) in [4.78, 5) is 6.92. The highest BCUT2D eigenvalue weighted by Gasteiger charge is 2.24. The molecule has 0 aliphatic carbocycles. The highest BCUT2D eigenvalue weighted by atomic mass is 19.1. The van der Waals surface area contributed by atoms with E-state index in [1.165, 1.54) is 10.8 Å². The van der Waals surface area contributed by atoms with Crippen LogP contribution in [0.4, 0.5) is 10.2 Å². The Morgan fingerprint density at radius 1 is 1.32 bits per heavy atom. The highest BCUT2D eigenvalue weighted by molar-refractivity contribution is 5.92. The minimum Gasteiger partial charge on any atom is -0.379 e. The van der Waals surface area contributed by atoms with E-state index in [9.17, 15) is 4.39 Å². The number of fused-ring (bicyclic) bond motifs is 1. The summed E-state index contributed by atoms with van der Waals surface area (Å²) in [7, 11) is 0. The topological polar surface area (TPSA) is 37.4 Å². The normalized spacial score (nSPS) is 18.8. The zero-order valence-electron chi connectivity index (χ0n) is 12.7. The van der Waals surface area contributed by atoms with E-state index in [0.717, 1.165) is 25.5 Å². The predicted octanol–water partition coefficient (Wildman–Crippen LogP) is 2.39. The zero-order valence-corrected chi connectivity index (χ0v) is 12.7. The first-order valence-corrected chi connectivity index (χ1v) is 7.85. The SMILES string of the molecule is FCCCOC[C@@H]1CNCCN1c1nccc2ccccc12. The smallest absolute Gasteiger partial charge is 0.136 e. The highest BCUT2D eigenvalue weighted by Crippen LogP contribution is 2.26. The number of nitrogens with zero attached hydrogens (tertiary/aromatic N) is 2. The number of pyridine rings is 1. The van der Waals surface area contributed by atoms with Crippen LogP contribution >= 0.6 is 0 Å². The van der Waals surface area contributed by atoms with E-state index >= 15 is 0 Å². The van der Waals surface area contributed by atoms with Crippen molar-refractivity contribution in [2.75, 3.05) is 44.4 Å². The Kier molecular flexibility index (Phi) is 5.19. The molecule has 4 nitrogen and oxygen atoms in total. The number of aromatic nitrogens is 1. The number of rotatable bonds is 6. The second kappa shape index (κ2) is 7.51. The summed E-state index contributed by atoms with van der Waals surface area (Å²) >= 11 is 0. The number of hydrogen-bond acceptors (Lipinski definition) is 4. The fourth-order valence-electron chi connectivity index (χ4n) is 2.90. The Morgan fingerprint density at radius 2 is 2.23 bits per heavy atom. The van der Waals surface area contributed by atoms with Crippen LogP contribution in [0.15, 0.2) is 36.5 Å². The lowest BCUT2D eigenvalue weighted by molar-refractivity contribution is 0.108. The van der Waals surface area contributed by atoms with Crippen molar-refractivity contribution in [3.05, 3.63) is 36.5 Å². The van der Waals surface area contributed by atoms with Gasteiger partial charge in [-0.25, -0.2) is 4.98 Å². The average Bonchev–Trinajstić information content (AvgIpc) is 2.59. The summed E-state index contributed by atoms with van der Waals surface area (Å²) in [5.74, 6) is 1.01. The van der Waals surface area contributed by atoms with Crippen LogP contribution < -0.4 is 10.2 Å². The van der Waals surface area contributed by atoms with Crippen LogP contribution in [0.5, 0.6) is 0 Å². The van der Waals surface area contributed by atoms with Gasteiger partial charge in [-0.05, 0) is 17.9 Å². The summed E-state index contributed by atoms with van der Waals surface area (Å²) < 4.78 is 17.8. The molecule has 1 N–H and O–H groups in total. The lowest BCUT2D eigenvalue weighted by Crippen LogP contribution is -2.53. The largest absolute Gasteiger partial charge is 0.379 e. The van der Waals surface area contributed by atoms with Gasteiger partial charge in [0.05, 0.1) is 19.3 Å². The molecular weight excluding hydrogens is 281 g/mol. The van der Waals surface area contributed by atoms with Crippen LogP contribution in [0, 0.1) is 0 Å². The summed E-state index contributed by atoms with van der Waals surface area (Å²) in [5, 5.41) is 5.76. The Labute approximate surface area is 130 Å². The van der Waals surface area contributed by atoms with Crippen molar-refractivity contribution < 1.29 is 9.13 Å². The van der Waals surface area contributed by atoms with Crippen LogP contribution in [-0.4, -0.2) is 50.5 Å². The van der Waals surface area contributed by atoms with Gasteiger partial charge >= 0.3 is 0 Å². The molecule has 1 atom stereocenters. The van der Waals surface area contributed by atoms with Gasteiger partial charge in [0.25, 0.3) is 0 Å². The third-order valence-corrected chi connectivity index (χ3v) is 4.01. The first-order valence-electron chi connectivity index (χ1n) is 7.85. The van der Waals surface area contributed by atoms with Crippen LogP contribution in [-0.2, 0) is 4.74 Å².